The highest BCUT2D eigenvalue weighted by molar-refractivity contribution is 5.84. The van der Waals surface area contributed by atoms with Crippen molar-refractivity contribution in [2.24, 2.45) is 0 Å². The van der Waals surface area contributed by atoms with Crippen LogP contribution in [0.25, 0.3) is 0 Å². The summed E-state index contributed by atoms with van der Waals surface area (Å²) in [6.45, 7) is 4.73. The number of carboxylic acid groups (broad SMARTS) is 1. The number of amides is 2. The number of carbonyl (C=O) groups is 2. The summed E-state index contributed by atoms with van der Waals surface area (Å²) in [5.41, 5.74) is -0.559. The van der Waals surface area contributed by atoms with E-state index >= 15 is 0 Å². The van der Waals surface area contributed by atoms with Crippen LogP contribution in [0, 0.1) is 0 Å². The van der Waals surface area contributed by atoms with Gasteiger partial charge < -0.3 is 20.5 Å². The summed E-state index contributed by atoms with van der Waals surface area (Å²) < 4.78 is 6.52. The molecule has 3 N–H and O–H groups in total. The van der Waals surface area contributed by atoms with Crippen LogP contribution in [0.15, 0.2) is 6.20 Å². The molecule has 0 aliphatic rings. The van der Waals surface area contributed by atoms with Crippen LogP contribution in [-0.4, -0.2) is 57.9 Å². The Morgan fingerprint density at radius 1 is 1.45 bits per heavy atom. The van der Waals surface area contributed by atoms with Crippen molar-refractivity contribution in [1.29, 1.82) is 0 Å². The van der Waals surface area contributed by atoms with Crippen molar-refractivity contribution < 1.29 is 19.4 Å². The number of hydrogen-bond donors (Lipinski definition) is 3. The van der Waals surface area contributed by atoms with Gasteiger partial charge in [-0.1, -0.05) is 5.21 Å². The molecule has 112 valence electrons. The minimum Gasteiger partial charge on any atom is -0.476 e. The molecule has 0 aromatic carbocycles. The second kappa shape index (κ2) is 6.85. The summed E-state index contributed by atoms with van der Waals surface area (Å²) in [6, 6.07) is -0.325. The van der Waals surface area contributed by atoms with Gasteiger partial charge in [0.15, 0.2) is 5.69 Å². The van der Waals surface area contributed by atoms with Crippen LogP contribution in [0.1, 0.15) is 24.3 Å². The number of rotatable bonds is 7. The average molecular weight is 285 g/mol. The van der Waals surface area contributed by atoms with E-state index in [1.54, 1.807) is 7.11 Å². The van der Waals surface area contributed by atoms with Crippen molar-refractivity contribution in [3.63, 3.8) is 0 Å². The number of carbonyl (C=O) groups excluding carboxylic acids is 1. The third-order valence-corrected chi connectivity index (χ3v) is 2.61. The van der Waals surface area contributed by atoms with Crippen LogP contribution >= 0.6 is 0 Å². The highest BCUT2D eigenvalue weighted by Gasteiger charge is 2.17. The Hall–Kier alpha value is -2.16. The van der Waals surface area contributed by atoms with Gasteiger partial charge in [-0.2, -0.15) is 0 Å². The van der Waals surface area contributed by atoms with Gasteiger partial charge in [0.2, 0.25) is 0 Å². The number of carboxylic acids is 1. The molecule has 9 heteroatoms. The second-order valence-electron chi connectivity index (χ2n) is 4.75. The van der Waals surface area contributed by atoms with Gasteiger partial charge in [0.1, 0.15) is 0 Å². The zero-order valence-electron chi connectivity index (χ0n) is 11.7. The lowest BCUT2D eigenvalue weighted by atomic mass is 10.1. The first-order valence-corrected chi connectivity index (χ1v) is 6.04. The topological polar surface area (TPSA) is 118 Å². The number of aromatic carboxylic acids is 1. The summed E-state index contributed by atoms with van der Waals surface area (Å²) in [4.78, 5) is 22.1. The van der Waals surface area contributed by atoms with Crippen LogP contribution in [0.2, 0.25) is 0 Å². The van der Waals surface area contributed by atoms with Crippen molar-refractivity contribution in [3.8, 4) is 0 Å². The Labute approximate surface area is 116 Å². The molecule has 1 aromatic heterocycles. The Kier molecular flexibility index (Phi) is 5.44. The van der Waals surface area contributed by atoms with Crippen molar-refractivity contribution in [2.75, 3.05) is 20.2 Å². The van der Waals surface area contributed by atoms with Crippen molar-refractivity contribution in [2.45, 2.75) is 26.0 Å². The molecule has 0 aliphatic carbocycles. The van der Waals surface area contributed by atoms with E-state index in [2.05, 4.69) is 20.9 Å². The van der Waals surface area contributed by atoms with Crippen LogP contribution in [-0.2, 0) is 11.3 Å². The molecule has 0 atom stereocenters. The zero-order chi connectivity index (χ0) is 15.2. The van der Waals surface area contributed by atoms with Crippen LogP contribution < -0.4 is 10.6 Å². The maximum Gasteiger partial charge on any atom is 0.358 e. The standard InChI is InChI=1S/C11H19N5O4/c1-11(2,20-3)7-13-10(19)12-4-5-16-6-8(9(17)18)14-15-16/h6H,4-5,7H2,1-3H3,(H,17,18)(H2,12,13,19). The Morgan fingerprint density at radius 2 is 2.15 bits per heavy atom. The molecule has 0 fully saturated rings. The lowest BCUT2D eigenvalue weighted by molar-refractivity contribution is 0.0254. The second-order valence-corrected chi connectivity index (χ2v) is 4.75. The predicted octanol–water partition coefficient (Wildman–Crippen LogP) is -0.299. The number of ether oxygens (including phenoxy) is 1. The summed E-state index contributed by atoms with van der Waals surface area (Å²) in [7, 11) is 1.57. The van der Waals surface area contributed by atoms with E-state index in [1.165, 1.54) is 10.9 Å². The van der Waals surface area contributed by atoms with E-state index in [9.17, 15) is 9.59 Å². The maximum atomic E-state index is 11.5. The molecule has 1 aromatic rings. The third-order valence-electron chi connectivity index (χ3n) is 2.61. The first-order valence-electron chi connectivity index (χ1n) is 6.04. The maximum absolute atomic E-state index is 11.5. The van der Waals surface area contributed by atoms with Crippen LogP contribution in [0.3, 0.4) is 0 Å². The number of urea groups is 1. The lowest BCUT2D eigenvalue weighted by Crippen LogP contribution is -2.44. The van der Waals surface area contributed by atoms with Gasteiger partial charge in [-0.05, 0) is 13.8 Å². The van der Waals surface area contributed by atoms with E-state index in [0.717, 1.165) is 0 Å². The van der Waals surface area contributed by atoms with Crippen molar-refractivity contribution in [3.05, 3.63) is 11.9 Å². The van der Waals surface area contributed by atoms with Gasteiger partial charge >= 0.3 is 12.0 Å². The molecule has 1 rings (SSSR count). The van der Waals surface area contributed by atoms with Gasteiger partial charge in [-0.25, -0.2) is 14.3 Å². The van der Waals surface area contributed by atoms with Gasteiger partial charge in [0.05, 0.1) is 18.3 Å². The Morgan fingerprint density at radius 3 is 2.70 bits per heavy atom. The number of nitrogens with one attached hydrogen (secondary N) is 2. The molecule has 0 saturated heterocycles. The summed E-state index contributed by atoms with van der Waals surface area (Å²) in [6.07, 6.45) is 1.30. The molecule has 20 heavy (non-hydrogen) atoms. The van der Waals surface area contributed by atoms with Gasteiger partial charge in [0, 0.05) is 20.2 Å². The van der Waals surface area contributed by atoms with Gasteiger partial charge in [0.25, 0.3) is 0 Å². The highest BCUT2D eigenvalue weighted by atomic mass is 16.5. The number of aromatic nitrogens is 3. The Bertz CT molecular complexity index is 471. The van der Waals surface area contributed by atoms with E-state index < -0.39 is 11.6 Å². The third kappa shape index (κ3) is 5.22. The Balaban J connectivity index is 2.26. The molecule has 0 aliphatic heterocycles. The molecular formula is C11H19N5O4. The minimum atomic E-state index is -1.14. The van der Waals surface area contributed by atoms with E-state index in [4.69, 9.17) is 9.84 Å². The largest absolute Gasteiger partial charge is 0.476 e. The SMILES string of the molecule is COC(C)(C)CNC(=O)NCCn1cc(C(=O)O)nn1. The van der Waals surface area contributed by atoms with Crippen LogP contribution in [0.4, 0.5) is 4.79 Å². The smallest absolute Gasteiger partial charge is 0.358 e. The fourth-order valence-corrected chi connectivity index (χ4v) is 1.22. The molecule has 0 spiro atoms. The van der Waals surface area contributed by atoms with Gasteiger partial charge in [-0.15, -0.1) is 5.10 Å². The normalized spacial score (nSPS) is 11.2. The first-order chi connectivity index (χ1) is 9.34. The summed E-state index contributed by atoms with van der Waals surface area (Å²) in [5, 5.41) is 21.1. The predicted molar refractivity (Wildman–Crippen MR) is 69.5 cm³/mol. The number of methoxy groups -OCH3 is 1. The monoisotopic (exact) mass is 285 g/mol. The number of hydrogen-bond acceptors (Lipinski definition) is 5. The van der Waals surface area contributed by atoms with Crippen LogP contribution in [0.5, 0.6) is 0 Å². The van der Waals surface area contributed by atoms with Crippen molar-refractivity contribution in [1.82, 2.24) is 25.6 Å². The molecule has 0 radical (unpaired) electrons. The summed E-state index contributed by atoms with van der Waals surface area (Å²) in [5.74, 6) is -1.14. The minimum absolute atomic E-state index is 0.128. The molecule has 2 amide bonds. The fourth-order valence-electron chi connectivity index (χ4n) is 1.22. The van der Waals surface area contributed by atoms with Gasteiger partial charge in [-0.3, -0.25) is 0 Å². The lowest BCUT2D eigenvalue weighted by Gasteiger charge is -2.23. The average Bonchev–Trinajstić information content (AvgIpc) is 2.85. The molecule has 0 bridgehead atoms. The molecule has 0 saturated carbocycles. The number of nitrogens with zero attached hydrogens (tertiary/aromatic N) is 3. The molecular weight excluding hydrogens is 266 g/mol. The molecule has 9 nitrogen and oxygen atoms in total. The summed E-state index contributed by atoms with van der Waals surface area (Å²) >= 11 is 0. The van der Waals surface area contributed by atoms with E-state index in [-0.39, 0.29) is 11.7 Å². The van der Waals surface area contributed by atoms with E-state index in [0.29, 0.717) is 19.6 Å². The fraction of sp³-hybridized carbons (Fsp3) is 0.636. The molecule has 0 unspecified atom stereocenters. The highest BCUT2D eigenvalue weighted by Crippen LogP contribution is 2.04. The quantitative estimate of drug-likeness (QED) is 0.633. The first kappa shape index (κ1) is 15.9. The zero-order valence-corrected chi connectivity index (χ0v) is 11.7. The van der Waals surface area contributed by atoms with E-state index in [1.807, 2.05) is 13.8 Å². The van der Waals surface area contributed by atoms with Crippen molar-refractivity contribution >= 4 is 12.0 Å². The molecule has 1 heterocycles.